The SMILES string of the molecule is Cc1cccc2c1NC(=O)C2(c1ccc(OS(=O)(=O)O)cc1)c1ccc(OS(=O)(=O)O)cc1.[Na].[Na]. The average Bonchev–Trinajstić information content (AvgIpc) is 3.01. The Morgan fingerprint density at radius 1 is 0.743 bits per heavy atom. The van der Waals surface area contributed by atoms with E-state index >= 15 is 0 Å². The molecule has 3 aromatic rings. The van der Waals surface area contributed by atoms with Gasteiger partial charge in [-0.2, -0.15) is 16.8 Å². The Hall–Kier alpha value is -1.45. The van der Waals surface area contributed by atoms with Crippen molar-refractivity contribution in [2.24, 2.45) is 0 Å². The van der Waals surface area contributed by atoms with Crippen molar-refractivity contribution in [3.05, 3.63) is 89.0 Å². The molecule has 10 nitrogen and oxygen atoms in total. The topological polar surface area (TPSA) is 156 Å². The van der Waals surface area contributed by atoms with E-state index in [1.54, 1.807) is 12.1 Å². The van der Waals surface area contributed by atoms with Crippen LogP contribution in [0.1, 0.15) is 22.3 Å². The first-order valence-corrected chi connectivity index (χ1v) is 12.1. The van der Waals surface area contributed by atoms with E-state index in [0.29, 0.717) is 22.4 Å². The smallest absolute Gasteiger partial charge is 0.362 e. The molecule has 3 aromatic carbocycles. The number of anilines is 1. The van der Waals surface area contributed by atoms with Gasteiger partial charge in [0, 0.05) is 70.4 Å². The van der Waals surface area contributed by atoms with Crippen LogP contribution in [0, 0.1) is 6.92 Å². The molecule has 1 heterocycles. The minimum Gasteiger partial charge on any atom is -0.362 e. The maximum atomic E-state index is 13.5. The molecule has 1 aliphatic heterocycles. The second kappa shape index (κ2) is 10.9. The first-order valence-electron chi connectivity index (χ1n) is 9.36. The number of carbonyl (C=O) groups excluding carboxylic acids is 1. The third kappa shape index (κ3) is 6.10. The molecule has 0 saturated carbocycles. The number of para-hydroxylation sites is 1. The molecule has 4 rings (SSSR count). The van der Waals surface area contributed by atoms with Crippen LogP contribution >= 0.6 is 0 Å². The molecule has 0 spiro atoms. The summed E-state index contributed by atoms with van der Waals surface area (Å²) in [5.74, 6) is -0.703. The van der Waals surface area contributed by atoms with Crippen LogP contribution in [0.25, 0.3) is 0 Å². The predicted octanol–water partition coefficient (Wildman–Crippen LogP) is 1.88. The van der Waals surface area contributed by atoms with Crippen molar-refractivity contribution >= 4 is 91.5 Å². The third-order valence-corrected chi connectivity index (χ3v) is 6.04. The van der Waals surface area contributed by atoms with Crippen LogP contribution in [0.4, 0.5) is 5.69 Å². The van der Waals surface area contributed by atoms with Gasteiger partial charge in [0.2, 0.25) is 5.91 Å². The molecule has 0 fully saturated rings. The molecule has 14 heteroatoms. The van der Waals surface area contributed by atoms with Crippen LogP contribution in [-0.4, -0.2) is 91.0 Å². The number of amides is 1. The zero-order chi connectivity index (χ0) is 24.0. The van der Waals surface area contributed by atoms with Gasteiger partial charge in [0.05, 0.1) is 0 Å². The standard InChI is InChI=1S/C21H17NO9S2.2Na/c1-13-3-2-4-18-19(13)22-20(23)21(18,14-5-9-16(10-6-14)30-32(24,25)26)15-7-11-17(12-8-15)31-33(27,28)29;;/h2-12H,1H3,(H,22,23)(H,24,25,26)(H,27,28,29);;. The summed E-state index contributed by atoms with van der Waals surface area (Å²) < 4.78 is 70.8. The van der Waals surface area contributed by atoms with Crippen molar-refractivity contribution in [2.75, 3.05) is 5.32 Å². The maximum absolute atomic E-state index is 13.5. The number of hydrogen-bond donors (Lipinski definition) is 3. The molecule has 3 N–H and O–H groups in total. The number of aryl methyl sites for hydroxylation is 1. The fourth-order valence-corrected chi connectivity index (χ4v) is 4.69. The fourth-order valence-electron chi connectivity index (χ4n) is 3.98. The van der Waals surface area contributed by atoms with Crippen molar-refractivity contribution in [1.29, 1.82) is 0 Å². The van der Waals surface area contributed by atoms with Crippen LogP contribution < -0.4 is 13.7 Å². The number of nitrogens with one attached hydrogen (secondary N) is 1. The number of fused-ring (bicyclic) bond motifs is 1. The van der Waals surface area contributed by atoms with E-state index in [9.17, 15) is 21.6 Å². The number of benzene rings is 3. The molecule has 0 atom stereocenters. The molecule has 35 heavy (non-hydrogen) atoms. The average molecular weight is 537 g/mol. The van der Waals surface area contributed by atoms with E-state index in [2.05, 4.69) is 13.7 Å². The Bertz CT molecular complexity index is 1380. The summed E-state index contributed by atoms with van der Waals surface area (Å²) in [5, 5.41) is 2.89. The normalized spacial score (nSPS) is 14.1. The number of rotatable bonds is 6. The molecule has 174 valence electrons. The van der Waals surface area contributed by atoms with Crippen LogP contribution in [0.15, 0.2) is 66.7 Å². The molecule has 2 radical (unpaired) electrons. The summed E-state index contributed by atoms with van der Waals surface area (Å²) in [5.41, 5.74) is 1.58. The minimum absolute atomic E-state index is 0. The fraction of sp³-hybridized carbons (Fsp3) is 0.0952. The second-order valence-electron chi connectivity index (χ2n) is 7.27. The Labute approximate surface area is 246 Å². The second-order valence-corrected chi connectivity index (χ2v) is 9.32. The van der Waals surface area contributed by atoms with Gasteiger partial charge in [-0.25, -0.2) is 0 Å². The first-order chi connectivity index (χ1) is 15.4. The van der Waals surface area contributed by atoms with Crippen LogP contribution in [0.2, 0.25) is 0 Å². The van der Waals surface area contributed by atoms with Crippen molar-refractivity contribution in [2.45, 2.75) is 12.3 Å². The van der Waals surface area contributed by atoms with Crippen molar-refractivity contribution in [3.63, 3.8) is 0 Å². The van der Waals surface area contributed by atoms with Gasteiger partial charge in [0.15, 0.2) is 0 Å². The van der Waals surface area contributed by atoms with E-state index in [1.165, 1.54) is 48.5 Å². The molecule has 0 aliphatic carbocycles. The molecule has 1 aliphatic rings. The van der Waals surface area contributed by atoms with Gasteiger partial charge in [-0.05, 0) is 47.9 Å². The summed E-state index contributed by atoms with van der Waals surface area (Å²) in [6.07, 6.45) is 0. The van der Waals surface area contributed by atoms with E-state index in [-0.39, 0.29) is 70.6 Å². The van der Waals surface area contributed by atoms with Crippen molar-refractivity contribution in [3.8, 4) is 11.5 Å². The third-order valence-electron chi connectivity index (χ3n) is 5.23. The molecular formula is C21H17NNa2O9S2. The van der Waals surface area contributed by atoms with Gasteiger partial charge in [0.1, 0.15) is 16.9 Å². The summed E-state index contributed by atoms with van der Waals surface area (Å²) in [7, 11) is -9.45. The molecular weight excluding hydrogens is 520 g/mol. The van der Waals surface area contributed by atoms with Crippen LogP contribution in [0.3, 0.4) is 0 Å². The molecule has 0 unspecified atom stereocenters. The zero-order valence-corrected chi connectivity index (χ0v) is 24.6. The molecule has 0 aromatic heterocycles. The van der Waals surface area contributed by atoms with E-state index in [0.717, 1.165) is 5.56 Å². The van der Waals surface area contributed by atoms with Crippen LogP contribution in [0.5, 0.6) is 11.5 Å². The number of hydrogen-bond acceptors (Lipinski definition) is 7. The zero-order valence-electron chi connectivity index (χ0n) is 18.9. The van der Waals surface area contributed by atoms with Gasteiger partial charge >= 0.3 is 20.8 Å². The van der Waals surface area contributed by atoms with E-state index in [1.807, 2.05) is 13.0 Å². The molecule has 0 saturated heterocycles. The number of carbonyl (C=O) groups is 1. The maximum Gasteiger partial charge on any atom is 0.446 e. The van der Waals surface area contributed by atoms with Crippen molar-refractivity contribution in [1.82, 2.24) is 0 Å². The van der Waals surface area contributed by atoms with Gasteiger partial charge in [-0.15, -0.1) is 0 Å². The summed E-state index contributed by atoms with van der Waals surface area (Å²) >= 11 is 0. The van der Waals surface area contributed by atoms with Gasteiger partial charge < -0.3 is 13.7 Å². The summed E-state index contributed by atoms with van der Waals surface area (Å²) in [6.45, 7) is 1.83. The van der Waals surface area contributed by atoms with Crippen LogP contribution in [-0.2, 0) is 31.0 Å². The quantitative estimate of drug-likeness (QED) is 0.316. The Morgan fingerprint density at radius 3 is 1.57 bits per heavy atom. The Kier molecular flexibility index (Phi) is 9.26. The van der Waals surface area contributed by atoms with E-state index in [4.69, 9.17) is 9.11 Å². The Morgan fingerprint density at radius 2 is 1.17 bits per heavy atom. The minimum atomic E-state index is -4.72. The van der Waals surface area contributed by atoms with E-state index < -0.39 is 32.1 Å². The Balaban J connectivity index is 0.00000216. The molecule has 1 amide bonds. The monoisotopic (exact) mass is 537 g/mol. The predicted molar refractivity (Wildman–Crippen MR) is 128 cm³/mol. The van der Waals surface area contributed by atoms with Crippen molar-refractivity contribution < 1.29 is 39.1 Å². The summed E-state index contributed by atoms with van der Waals surface area (Å²) in [4.78, 5) is 13.5. The molecule has 0 bridgehead atoms. The van der Waals surface area contributed by atoms with Gasteiger partial charge in [-0.1, -0.05) is 42.5 Å². The first kappa shape index (κ1) is 29.8. The van der Waals surface area contributed by atoms with Gasteiger partial charge in [0.25, 0.3) is 0 Å². The van der Waals surface area contributed by atoms with Gasteiger partial charge in [-0.3, -0.25) is 13.9 Å². The summed E-state index contributed by atoms with van der Waals surface area (Å²) in [6, 6.07) is 16.5. The largest absolute Gasteiger partial charge is 0.446 e.